The Balaban J connectivity index is 2.47. The smallest absolute Gasteiger partial charge is 0.222 e. The molecule has 0 radical (unpaired) electrons. The quantitative estimate of drug-likeness (QED) is 0.719. The standard InChI is InChI=1S/C11H20FNO2/c1-9(2)6-11(14)13-4-3-5-15-10(7-12)8-13/h9-10H,3-8H2,1-2H3. The van der Waals surface area contributed by atoms with Crippen molar-refractivity contribution in [1.82, 2.24) is 4.90 Å². The maximum Gasteiger partial charge on any atom is 0.222 e. The van der Waals surface area contributed by atoms with Gasteiger partial charge in [0, 0.05) is 26.1 Å². The third-order valence-electron chi connectivity index (χ3n) is 2.46. The number of alkyl halides is 1. The highest BCUT2D eigenvalue weighted by molar-refractivity contribution is 5.76. The fraction of sp³-hybridized carbons (Fsp3) is 0.909. The molecule has 1 fully saturated rings. The number of carbonyl (C=O) groups is 1. The van der Waals surface area contributed by atoms with Crippen molar-refractivity contribution in [2.45, 2.75) is 32.8 Å². The Labute approximate surface area is 90.6 Å². The lowest BCUT2D eigenvalue weighted by Gasteiger charge is -2.23. The summed E-state index contributed by atoms with van der Waals surface area (Å²) in [5.41, 5.74) is 0. The molecule has 0 spiro atoms. The van der Waals surface area contributed by atoms with Crippen molar-refractivity contribution in [2.75, 3.05) is 26.4 Å². The minimum atomic E-state index is -0.508. The molecular formula is C11H20FNO2. The van der Waals surface area contributed by atoms with E-state index in [2.05, 4.69) is 0 Å². The van der Waals surface area contributed by atoms with Gasteiger partial charge in [0.2, 0.25) is 5.91 Å². The SMILES string of the molecule is CC(C)CC(=O)N1CCCOC(CF)C1. The molecule has 88 valence electrons. The highest BCUT2D eigenvalue weighted by Gasteiger charge is 2.22. The first-order chi connectivity index (χ1) is 7.13. The van der Waals surface area contributed by atoms with Gasteiger partial charge in [-0.3, -0.25) is 4.79 Å². The molecule has 0 N–H and O–H groups in total. The lowest BCUT2D eigenvalue weighted by atomic mass is 10.1. The molecule has 1 heterocycles. The fourth-order valence-corrected chi connectivity index (χ4v) is 1.69. The summed E-state index contributed by atoms with van der Waals surface area (Å²) < 4.78 is 17.8. The van der Waals surface area contributed by atoms with Gasteiger partial charge < -0.3 is 9.64 Å². The zero-order valence-corrected chi connectivity index (χ0v) is 9.54. The summed E-state index contributed by atoms with van der Waals surface area (Å²) in [4.78, 5) is 13.5. The molecule has 0 aromatic heterocycles. The minimum absolute atomic E-state index is 0.119. The third-order valence-corrected chi connectivity index (χ3v) is 2.46. The molecule has 1 atom stereocenters. The number of hydrogen-bond donors (Lipinski definition) is 0. The summed E-state index contributed by atoms with van der Waals surface area (Å²) in [7, 11) is 0. The maximum absolute atomic E-state index is 12.5. The molecule has 3 nitrogen and oxygen atoms in total. The van der Waals surface area contributed by atoms with Gasteiger partial charge in [-0.05, 0) is 12.3 Å². The summed E-state index contributed by atoms with van der Waals surface area (Å²) in [5.74, 6) is 0.472. The highest BCUT2D eigenvalue weighted by atomic mass is 19.1. The van der Waals surface area contributed by atoms with Crippen molar-refractivity contribution in [1.29, 1.82) is 0 Å². The van der Waals surface area contributed by atoms with E-state index in [1.807, 2.05) is 13.8 Å². The predicted molar refractivity (Wildman–Crippen MR) is 56.4 cm³/mol. The van der Waals surface area contributed by atoms with E-state index in [0.29, 0.717) is 32.0 Å². The van der Waals surface area contributed by atoms with E-state index in [4.69, 9.17) is 4.74 Å². The van der Waals surface area contributed by atoms with Gasteiger partial charge in [-0.1, -0.05) is 13.8 Å². The van der Waals surface area contributed by atoms with Crippen LogP contribution in [0.3, 0.4) is 0 Å². The Morgan fingerprint density at radius 2 is 2.33 bits per heavy atom. The van der Waals surface area contributed by atoms with Crippen molar-refractivity contribution >= 4 is 5.91 Å². The Morgan fingerprint density at radius 1 is 1.60 bits per heavy atom. The Kier molecular flexibility index (Phi) is 5.02. The monoisotopic (exact) mass is 217 g/mol. The average Bonchev–Trinajstić information content (AvgIpc) is 2.41. The van der Waals surface area contributed by atoms with E-state index in [1.54, 1.807) is 4.90 Å². The molecular weight excluding hydrogens is 197 g/mol. The number of amides is 1. The molecule has 1 aliphatic heterocycles. The van der Waals surface area contributed by atoms with Gasteiger partial charge >= 0.3 is 0 Å². The predicted octanol–water partition coefficient (Wildman–Crippen LogP) is 1.62. The number of rotatable bonds is 3. The largest absolute Gasteiger partial charge is 0.374 e. The van der Waals surface area contributed by atoms with Crippen LogP contribution in [0.2, 0.25) is 0 Å². The summed E-state index contributed by atoms with van der Waals surface area (Å²) in [6.45, 7) is 5.17. The van der Waals surface area contributed by atoms with Gasteiger partial charge in [0.05, 0.1) is 0 Å². The van der Waals surface area contributed by atoms with Crippen LogP contribution in [0.25, 0.3) is 0 Å². The summed E-state index contributed by atoms with van der Waals surface area (Å²) >= 11 is 0. The van der Waals surface area contributed by atoms with E-state index in [1.165, 1.54) is 0 Å². The lowest BCUT2D eigenvalue weighted by Crippen LogP contribution is -2.38. The molecule has 4 heteroatoms. The van der Waals surface area contributed by atoms with Crippen LogP contribution >= 0.6 is 0 Å². The van der Waals surface area contributed by atoms with Crippen LogP contribution in [0, 0.1) is 5.92 Å². The van der Waals surface area contributed by atoms with Crippen LogP contribution in [0.1, 0.15) is 26.7 Å². The van der Waals surface area contributed by atoms with Crippen LogP contribution < -0.4 is 0 Å². The molecule has 0 aromatic carbocycles. The Bertz CT molecular complexity index is 209. The average molecular weight is 217 g/mol. The van der Waals surface area contributed by atoms with E-state index in [0.717, 1.165) is 6.42 Å². The second-order valence-corrected chi connectivity index (χ2v) is 4.44. The van der Waals surface area contributed by atoms with Gasteiger partial charge in [-0.15, -0.1) is 0 Å². The lowest BCUT2D eigenvalue weighted by molar-refractivity contribution is -0.132. The molecule has 0 aromatic rings. The van der Waals surface area contributed by atoms with Crippen molar-refractivity contribution in [3.63, 3.8) is 0 Å². The van der Waals surface area contributed by atoms with E-state index in [9.17, 15) is 9.18 Å². The molecule has 1 rings (SSSR count). The zero-order valence-electron chi connectivity index (χ0n) is 9.54. The van der Waals surface area contributed by atoms with Crippen LogP contribution in [0.4, 0.5) is 4.39 Å². The summed E-state index contributed by atoms with van der Waals surface area (Å²) in [6.07, 6.45) is 0.919. The van der Waals surface area contributed by atoms with Gasteiger partial charge in [0.25, 0.3) is 0 Å². The number of nitrogens with zero attached hydrogens (tertiary/aromatic N) is 1. The van der Waals surface area contributed by atoms with Crippen LogP contribution in [0.5, 0.6) is 0 Å². The molecule has 15 heavy (non-hydrogen) atoms. The second kappa shape index (κ2) is 6.05. The third kappa shape index (κ3) is 4.16. The number of carbonyl (C=O) groups excluding carboxylic acids is 1. The van der Waals surface area contributed by atoms with Gasteiger partial charge in [-0.25, -0.2) is 4.39 Å². The topological polar surface area (TPSA) is 29.5 Å². The first-order valence-electron chi connectivity index (χ1n) is 5.58. The first-order valence-corrected chi connectivity index (χ1v) is 5.58. The van der Waals surface area contributed by atoms with Crippen molar-refractivity contribution < 1.29 is 13.9 Å². The zero-order chi connectivity index (χ0) is 11.3. The van der Waals surface area contributed by atoms with Gasteiger partial charge in [0.15, 0.2) is 0 Å². The highest BCUT2D eigenvalue weighted by Crippen LogP contribution is 2.10. The van der Waals surface area contributed by atoms with E-state index < -0.39 is 12.8 Å². The van der Waals surface area contributed by atoms with E-state index in [-0.39, 0.29) is 5.91 Å². The maximum atomic E-state index is 12.5. The van der Waals surface area contributed by atoms with Crippen molar-refractivity contribution in [3.05, 3.63) is 0 Å². The summed E-state index contributed by atoms with van der Waals surface area (Å²) in [5, 5.41) is 0. The van der Waals surface area contributed by atoms with Gasteiger partial charge in [0.1, 0.15) is 12.8 Å². The molecule has 1 aliphatic rings. The molecule has 1 unspecified atom stereocenters. The van der Waals surface area contributed by atoms with Crippen LogP contribution in [-0.4, -0.2) is 43.3 Å². The molecule has 1 amide bonds. The number of halogens is 1. The molecule has 0 bridgehead atoms. The fourth-order valence-electron chi connectivity index (χ4n) is 1.69. The number of ether oxygens (including phenoxy) is 1. The molecule has 1 saturated heterocycles. The van der Waals surface area contributed by atoms with Crippen LogP contribution in [-0.2, 0) is 9.53 Å². The number of hydrogen-bond acceptors (Lipinski definition) is 2. The van der Waals surface area contributed by atoms with Crippen molar-refractivity contribution in [3.8, 4) is 0 Å². The van der Waals surface area contributed by atoms with Crippen molar-refractivity contribution in [2.24, 2.45) is 5.92 Å². The molecule has 0 aliphatic carbocycles. The molecule has 0 saturated carbocycles. The van der Waals surface area contributed by atoms with Gasteiger partial charge in [-0.2, -0.15) is 0 Å². The van der Waals surface area contributed by atoms with Crippen LogP contribution in [0.15, 0.2) is 0 Å². The Morgan fingerprint density at radius 3 is 2.93 bits per heavy atom. The summed E-state index contributed by atoms with van der Waals surface area (Å²) in [6, 6.07) is 0. The second-order valence-electron chi connectivity index (χ2n) is 4.44. The normalized spacial score (nSPS) is 22.9. The minimum Gasteiger partial charge on any atom is -0.374 e. The first kappa shape index (κ1) is 12.4. The van der Waals surface area contributed by atoms with E-state index >= 15 is 0 Å². The Hall–Kier alpha value is -0.640.